The third-order valence-corrected chi connectivity index (χ3v) is 4.29. The molecule has 3 nitrogen and oxygen atoms in total. The number of likely N-dealkylation sites (N-methyl/N-ethyl adjacent to an activating group) is 1. The van der Waals surface area contributed by atoms with Gasteiger partial charge >= 0.3 is 0 Å². The number of carbonyl (C=O) groups is 1. The van der Waals surface area contributed by atoms with Crippen LogP contribution in [0.1, 0.15) is 39.5 Å². The van der Waals surface area contributed by atoms with Gasteiger partial charge in [0.1, 0.15) is 0 Å². The van der Waals surface area contributed by atoms with E-state index in [0.717, 1.165) is 24.3 Å². The van der Waals surface area contributed by atoms with Crippen molar-refractivity contribution < 1.29 is 4.79 Å². The average molecular weight is 224 g/mol. The van der Waals surface area contributed by atoms with Gasteiger partial charge in [-0.05, 0) is 50.9 Å². The van der Waals surface area contributed by atoms with E-state index in [9.17, 15) is 4.79 Å². The third-order valence-electron chi connectivity index (χ3n) is 4.29. The number of carbonyl (C=O) groups excluding carboxylic acids is 1. The number of nitrogens with zero attached hydrogens (tertiary/aromatic N) is 1. The highest BCUT2D eigenvalue weighted by Gasteiger charge is 2.40. The van der Waals surface area contributed by atoms with Crippen LogP contribution in [0.4, 0.5) is 0 Å². The fourth-order valence-corrected chi connectivity index (χ4v) is 3.53. The summed E-state index contributed by atoms with van der Waals surface area (Å²) < 4.78 is 0. The van der Waals surface area contributed by atoms with Crippen LogP contribution in [0.15, 0.2) is 0 Å². The van der Waals surface area contributed by atoms with E-state index in [1.165, 1.54) is 25.7 Å². The monoisotopic (exact) mass is 224 g/mol. The molecular formula is C13H24N2O. The Morgan fingerprint density at radius 3 is 2.50 bits per heavy atom. The van der Waals surface area contributed by atoms with Gasteiger partial charge in [-0.25, -0.2) is 0 Å². The molecule has 0 radical (unpaired) electrons. The molecule has 1 amide bonds. The molecule has 16 heavy (non-hydrogen) atoms. The first-order valence-corrected chi connectivity index (χ1v) is 6.42. The Morgan fingerprint density at radius 2 is 2.06 bits per heavy atom. The molecular weight excluding hydrogens is 200 g/mol. The molecule has 2 bridgehead atoms. The van der Waals surface area contributed by atoms with Crippen LogP contribution in [0.2, 0.25) is 0 Å². The maximum atomic E-state index is 12.0. The second-order valence-corrected chi connectivity index (χ2v) is 6.34. The number of amides is 1. The quantitative estimate of drug-likeness (QED) is 0.792. The fourth-order valence-electron chi connectivity index (χ4n) is 3.53. The first-order valence-electron chi connectivity index (χ1n) is 6.42. The summed E-state index contributed by atoms with van der Waals surface area (Å²) in [6, 6.07) is 0. The van der Waals surface area contributed by atoms with Crippen LogP contribution in [0, 0.1) is 17.8 Å². The average Bonchev–Trinajstić information content (AvgIpc) is 2.76. The van der Waals surface area contributed by atoms with E-state index in [2.05, 4.69) is 0 Å². The zero-order chi connectivity index (χ0) is 11.9. The second-order valence-electron chi connectivity index (χ2n) is 6.34. The molecule has 0 heterocycles. The summed E-state index contributed by atoms with van der Waals surface area (Å²) in [6.07, 6.45) is 5.52. The lowest BCUT2D eigenvalue weighted by Crippen LogP contribution is -2.51. The summed E-state index contributed by atoms with van der Waals surface area (Å²) in [5, 5.41) is 0. The van der Waals surface area contributed by atoms with E-state index in [1.54, 1.807) is 13.8 Å². The Labute approximate surface area is 98.4 Å². The first-order chi connectivity index (χ1) is 7.38. The maximum Gasteiger partial charge on any atom is 0.241 e. The summed E-state index contributed by atoms with van der Waals surface area (Å²) in [4.78, 5) is 13.8. The van der Waals surface area contributed by atoms with E-state index in [4.69, 9.17) is 5.73 Å². The van der Waals surface area contributed by atoms with Crippen LogP contribution in [0.25, 0.3) is 0 Å². The van der Waals surface area contributed by atoms with E-state index >= 15 is 0 Å². The number of hydrogen-bond acceptors (Lipinski definition) is 2. The number of hydrogen-bond donors (Lipinski definition) is 1. The van der Waals surface area contributed by atoms with Gasteiger partial charge in [-0.1, -0.05) is 6.42 Å². The molecule has 92 valence electrons. The highest BCUT2D eigenvalue weighted by Crippen LogP contribution is 2.48. The minimum atomic E-state index is -0.730. The van der Waals surface area contributed by atoms with Crippen LogP contribution in [0.5, 0.6) is 0 Å². The Balaban J connectivity index is 1.88. The van der Waals surface area contributed by atoms with Crippen LogP contribution in [-0.2, 0) is 4.79 Å². The van der Waals surface area contributed by atoms with Crippen molar-refractivity contribution in [2.24, 2.45) is 23.5 Å². The van der Waals surface area contributed by atoms with Crippen molar-refractivity contribution in [2.45, 2.75) is 45.1 Å². The lowest BCUT2D eigenvalue weighted by Gasteiger charge is -2.31. The van der Waals surface area contributed by atoms with Gasteiger partial charge in [0, 0.05) is 13.6 Å². The van der Waals surface area contributed by atoms with Crippen molar-refractivity contribution >= 4 is 5.91 Å². The predicted octanol–water partition coefficient (Wildman–Crippen LogP) is 1.62. The molecule has 0 spiro atoms. The second kappa shape index (κ2) is 4.02. The van der Waals surface area contributed by atoms with Crippen LogP contribution >= 0.6 is 0 Å². The first kappa shape index (κ1) is 11.9. The lowest BCUT2D eigenvalue weighted by atomic mass is 9.88. The van der Waals surface area contributed by atoms with Crippen LogP contribution in [0.3, 0.4) is 0 Å². The number of rotatable bonds is 3. The molecule has 0 saturated heterocycles. The molecule has 3 atom stereocenters. The normalized spacial score (nSPS) is 33.1. The molecule has 3 heteroatoms. The van der Waals surface area contributed by atoms with E-state index in [1.807, 2.05) is 11.9 Å². The molecule has 2 aliphatic rings. The zero-order valence-corrected chi connectivity index (χ0v) is 10.7. The fraction of sp³-hybridized carbons (Fsp3) is 0.923. The van der Waals surface area contributed by atoms with Gasteiger partial charge in [-0.2, -0.15) is 0 Å². The lowest BCUT2D eigenvalue weighted by molar-refractivity contribution is -0.135. The molecule has 0 aromatic rings. The Kier molecular flexibility index (Phi) is 2.99. The van der Waals surface area contributed by atoms with E-state index < -0.39 is 5.54 Å². The highest BCUT2D eigenvalue weighted by atomic mass is 16.2. The molecule has 2 N–H and O–H groups in total. The smallest absolute Gasteiger partial charge is 0.241 e. The maximum absolute atomic E-state index is 12.0. The molecule has 3 unspecified atom stereocenters. The van der Waals surface area contributed by atoms with Gasteiger partial charge in [-0.3, -0.25) is 4.79 Å². The van der Waals surface area contributed by atoms with Gasteiger partial charge in [0.25, 0.3) is 0 Å². The minimum Gasteiger partial charge on any atom is -0.344 e. The van der Waals surface area contributed by atoms with Crippen molar-refractivity contribution in [3.8, 4) is 0 Å². The number of nitrogens with two attached hydrogens (primary N) is 1. The molecule has 0 aliphatic heterocycles. The molecule has 0 aromatic carbocycles. The summed E-state index contributed by atoms with van der Waals surface area (Å²) >= 11 is 0. The molecule has 2 aliphatic carbocycles. The van der Waals surface area contributed by atoms with Gasteiger partial charge in [0.15, 0.2) is 0 Å². The zero-order valence-electron chi connectivity index (χ0n) is 10.7. The van der Waals surface area contributed by atoms with Crippen molar-refractivity contribution in [1.82, 2.24) is 4.90 Å². The summed E-state index contributed by atoms with van der Waals surface area (Å²) in [5.74, 6) is 2.62. The van der Waals surface area contributed by atoms with Crippen molar-refractivity contribution in [1.29, 1.82) is 0 Å². The van der Waals surface area contributed by atoms with Crippen LogP contribution < -0.4 is 5.73 Å². The molecule has 2 rings (SSSR count). The van der Waals surface area contributed by atoms with E-state index in [-0.39, 0.29) is 5.91 Å². The third kappa shape index (κ3) is 2.24. The summed E-state index contributed by atoms with van der Waals surface area (Å²) in [5.41, 5.74) is 5.11. The minimum absolute atomic E-state index is 0.0651. The van der Waals surface area contributed by atoms with Crippen molar-refractivity contribution in [2.75, 3.05) is 13.6 Å². The molecule has 2 saturated carbocycles. The Bertz CT molecular complexity index is 282. The predicted molar refractivity (Wildman–Crippen MR) is 64.8 cm³/mol. The summed E-state index contributed by atoms with van der Waals surface area (Å²) in [6.45, 7) is 4.47. The van der Waals surface area contributed by atoms with Gasteiger partial charge in [-0.15, -0.1) is 0 Å². The Hall–Kier alpha value is -0.570. The highest BCUT2D eigenvalue weighted by molar-refractivity contribution is 5.84. The molecule has 2 fully saturated rings. The standard InChI is InChI=1S/C13H24N2O/c1-13(2,14)12(16)15(3)8-11-7-9-4-5-10(11)6-9/h9-11H,4-8,14H2,1-3H3. The van der Waals surface area contributed by atoms with Crippen LogP contribution in [-0.4, -0.2) is 29.9 Å². The SMILES string of the molecule is CN(CC1CC2CCC1C2)C(=O)C(C)(C)N. The van der Waals surface area contributed by atoms with Crippen molar-refractivity contribution in [3.63, 3.8) is 0 Å². The number of fused-ring (bicyclic) bond motifs is 2. The van der Waals surface area contributed by atoms with Gasteiger partial charge < -0.3 is 10.6 Å². The topological polar surface area (TPSA) is 46.3 Å². The van der Waals surface area contributed by atoms with Gasteiger partial charge in [0.05, 0.1) is 5.54 Å². The summed E-state index contributed by atoms with van der Waals surface area (Å²) in [7, 11) is 1.89. The van der Waals surface area contributed by atoms with E-state index in [0.29, 0.717) is 0 Å². The van der Waals surface area contributed by atoms with Gasteiger partial charge in [0.2, 0.25) is 5.91 Å². The largest absolute Gasteiger partial charge is 0.344 e. The van der Waals surface area contributed by atoms with Crippen molar-refractivity contribution in [3.05, 3.63) is 0 Å². The Morgan fingerprint density at radius 1 is 1.38 bits per heavy atom. The molecule has 0 aromatic heterocycles.